The lowest BCUT2D eigenvalue weighted by atomic mass is 10.1. The molecular formula is C40H46OSi2. The molecule has 220 valence electrons. The maximum absolute atomic E-state index is 8.29. The van der Waals surface area contributed by atoms with E-state index in [0.717, 1.165) is 6.04 Å². The second-order valence-corrected chi connectivity index (χ2v) is 18.9. The molecule has 0 atom stereocenters. The summed E-state index contributed by atoms with van der Waals surface area (Å²) < 4.78 is 8.29. The van der Waals surface area contributed by atoms with Gasteiger partial charge in [-0.3, -0.25) is 0 Å². The molecule has 0 aliphatic heterocycles. The Labute approximate surface area is 261 Å². The minimum atomic E-state index is -2.95. The Morgan fingerprint density at radius 3 is 1.02 bits per heavy atom. The van der Waals surface area contributed by atoms with Crippen LogP contribution in [0, 0.1) is 0 Å². The van der Waals surface area contributed by atoms with Crippen molar-refractivity contribution in [2.75, 3.05) is 0 Å². The Morgan fingerprint density at radius 1 is 0.372 bits per heavy atom. The van der Waals surface area contributed by atoms with Crippen LogP contribution in [0.15, 0.2) is 152 Å². The molecule has 1 nitrogen and oxygen atoms in total. The van der Waals surface area contributed by atoms with E-state index in [1.54, 1.807) is 0 Å². The second-order valence-electron chi connectivity index (χ2n) is 11.7. The topological polar surface area (TPSA) is 9.23 Å². The zero-order chi connectivity index (χ0) is 29.6. The van der Waals surface area contributed by atoms with E-state index in [1.165, 1.54) is 77.3 Å². The second kappa shape index (κ2) is 15.8. The average Bonchev–Trinajstić information content (AvgIpc) is 3.09. The van der Waals surface area contributed by atoms with Crippen molar-refractivity contribution in [1.29, 1.82) is 0 Å². The molecule has 0 unspecified atom stereocenters. The SMILES string of the molecule is CCCCCCCCCC[Si](O[Si](c1ccccc1)(c1ccccc1)c1ccccc1)(c1ccccc1)c1ccccc1. The molecule has 0 saturated carbocycles. The van der Waals surface area contributed by atoms with E-state index in [9.17, 15) is 0 Å². The van der Waals surface area contributed by atoms with Gasteiger partial charge in [0.1, 0.15) is 0 Å². The number of hydrogen-bond acceptors (Lipinski definition) is 1. The van der Waals surface area contributed by atoms with Gasteiger partial charge in [-0.2, -0.15) is 0 Å². The largest absolute Gasteiger partial charge is 0.439 e. The molecule has 0 fully saturated rings. The quantitative estimate of drug-likeness (QED) is 0.0647. The van der Waals surface area contributed by atoms with Gasteiger partial charge in [-0.1, -0.05) is 210 Å². The van der Waals surface area contributed by atoms with Crippen molar-refractivity contribution in [3.63, 3.8) is 0 Å². The minimum absolute atomic E-state index is 1.07. The summed E-state index contributed by atoms with van der Waals surface area (Å²) in [5.41, 5.74) is 0. The van der Waals surface area contributed by atoms with Crippen molar-refractivity contribution in [2.24, 2.45) is 0 Å². The fourth-order valence-electron chi connectivity index (χ4n) is 6.50. The van der Waals surface area contributed by atoms with E-state index in [-0.39, 0.29) is 0 Å². The summed E-state index contributed by atoms with van der Waals surface area (Å²) in [6.45, 7) is 2.29. The Kier molecular flexibility index (Phi) is 11.4. The molecule has 0 N–H and O–H groups in total. The van der Waals surface area contributed by atoms with Gasteiger partial charge in [0.2, 0.25) is 8.32 Å². The normalized spacial score (nSPS) is 11.8. The molecular weight excluding hydrogens is 553 g/mol. The van der Waals surface area contributed by atoms with Crippen LogP contribution in [0.25, 0.3) is 0 Å². The summed E-state index contributed by atoms with van der Waals surface area (Å²) in [7, 11) is -5.70. The summed E-state index contributed by atoms with van der Waals surface area (Å²) in [6, 6.07) is 56.8. The van der Waals surface area contributed by atoms with E-state index in [0.29, 0.717) is 0 Å². The Hall–Kier alpha value is -3.51. The van der Waals surface area contributed by atoms with E-state index < -0.39 is 16.6 Å². The van der Waals surface area contributed by atoms with Gasteiger partial charge in [0.25, 0.3) is 8.32 Å². The average molecular weight is 599 g/mol. The molecule has 5 aromatic carbocycles. The summed E-state index contributed by atoms with van der Waals surface area (Å²) in [4.78, 5) is 0. The summed E-state index contributed by atoms with van der Waals surface area (Å²) in [5.74, 6) is 0. The molecule has 0 radical (unpaired) electrons. The van der Waals surface area contributed by atoms with Crippen LogP contribution in [0.2, 0.25) is 6.04 Å². The first-order valence-corrected chi connectivity index (χ1v) is 20.3. The molecule has 0 amide bonds. The Bertz CT molecular complexity index is 1320. The lowest BCUT2D eigenvalue weighted by molar-refractivity contribution is 0.558. The summed E-state index contributed by atoms with van der Waals surface area (Å²) in [6.07, 6.45) is 10.4. The van der Waals surface area contributed by atoms with Gasteiger partial charge in [-0.15, -0.1) is 0 Å². The van der Waals surface area contributed by atoms with Crippen molar-refractivity contribution >= 4 is 42.6 Å². The van der Waals surface area contributed by atoms with E-state index >= 15 is 0 Å². The summed E-state index contributed by atoms with van der Waals surface area (Å²) in [5, 5.41) is 6.62. The molecule has 0 heterocycles. The molecule has 0 aromatic heterocycles. The van der Waals surface area contributed by atoms with Crippen LogP contribution < -0.4 is 25.9 Å². The number of hydrogen-bond donors (Lipinski definition) is 0. The standard InChI is InChI=1S/C40H46OSi2/c1-2-3-4-5-6-7-8-24-35-42(36-25-14-9-15-26-36,37-27-16-10-17-28-37)41-43(38-29-18-11-19-30-38,39-31-20-12-21-32-39)40-33-22-13-23-34-40/h9-23,25-34H,2-8,24,35H2,1H3. The maximum atomic E-state index is 8.29. The van der Waals surface area contributed by atoms with Crippen LogP contribution in [-0.2, 0) is 4.12 Å². The fourth-order valence-corrected chi connectivity index (χ4v) is 17.5. The monoisotopic (exact) mass is 598 g/mol. The Balaban J connectivity index is 1.66. The van der Waals surface area contributed by atoms with Crippen molar-refractivity contribution in [1.82, 2.24) is 0 Å². The number of benzene rings is 5. The first-order valence-electron chi connectivity index (χ1n) is 16.3. The van der Waals surface area contributed by atoms with E-state index in [1.807, 2.05) is 0 Å². The van der Waals surface area contributed by atoms with Crippen LogP contribution in [-0.4, -0.2) is 16.6 Å². The van der Waals surface area contributed by atoms with Gasteiger partial charge in [0.05, 0.1) is 0 Å². The number of unbranched alkanes of at least 4 members (excludes halogenated alkanes) is 7. The molecule has 0 aliphatic carbocycles. The molecule has 0 aliphatic rings. The third-order valence-electron chi connectivity index (χ3n) is 8.73. The van der Waals surface area contributed by atoms with Gasteiger partial charge in [0.15, 0.2) is 0 Å². The molecule has 0 saturated heterocycles. The minimum Gasteiger partial charge on any atom is -0.439 e. The zero-order valence-electron chi connectivity index (χ0n) is 25.7. The fraction of sp³-hybridized carbons (Fsp3) is 0.250. The Morgan fingerprint density at radius 2 is 0.674 bits per heavy atom. The van der Waals surface area contributed by atoms with Crippen LogP contribution in [0.3, 0.4) is 0 Å². The highest BCUT2D eigenvalue weighted by molar-refractivity contribution is 7.14. The predicted molar refractivity (Wildman–Crippen MR) is 190 cm³/mol. The predicted octanol–water partition coefficient (Wildman–Crippen LogP) is 7.57. The van der Waals surface area contributed by atoms with Crippen molar-refractivity contribution in [3.05, 3.63) is 152 Å². The van der Waals surface area contributed by atoms with E-state index in [4.69, 9.17) is 4.12 Å². The zero-order valence-corrected chi connectivity index (χ0v) is 27.7. The third kappa shape index (κ3) is 7.35. The van der Waals surface area contributed by atoms with Gasteiger partial charge in [-0.05, 0) is 32.0 Å². The van der Waals surface area contributed by atoms with E-state index in [2.05, 4.69) is 159 Å². The van der Waals surface area contributed by atoms with Crippen LogP contribution in [0.5, 0.6) is 0 Å². The van der Waals surface area contributed by atoms with Gasteiger partial charge in [0, 0.05) is 0 Å². The smallest absolute Gasteiger partial charge is 0.278 e. The molecule has 43 heavy (non-hydrogen) atoms. The third-order valence-corrected chi connectivity index (χ3v) is 18.4. The van der Waals surface area contributed by atoms with Gasteiger partial charge < -0.3 is 4.12 Å². The van der Waals surface area contributed by atoms with Crippen molar-refractivity contribution in [3.8, 4) is 0 Å². The molecule has 5 rings (SSSR count). The van der Waals surface area contributed by atoms with Crippen LogP contribution in [0.4, 0.5) is 0 Å². The highest BCUT2D eigenvalue weighted by atomic mass is 28.4. The van der Waals surface area contributed by atoms with Crippen LogP contribution in [0.1, 0.15) is 58.3 Å². The molecule has 0 spiro atoms. The number of rotatable bonds is 16. The van der Waals surface area contributed by atoms with Gasteiger partial charge in [-0.25, -0.2) is 0 Å². The molecule has 0 bridgehead atoms. The van der Waals surface area contributed by atoms with Gasteiger partial charge >= 0.3 is 0 Å². The first kappa shape index (κ1) is 30.9. The molecule has 3 heteroatoms. The maximum Gasteiger partial charge on any atom is 0.278 e. The first-order chi connectivity index (χ1) is 21.3. The van der Waals surface area contributed by atoms with Crippen molar-refractivity contribution in [2.45, 2.75) is 64.3 Å². The summed E-state index contributed by atoms with van der Waals surface area (Å²) >= 11 is 0. The van der Waals surface area contributed by atoms with Crippen molar-refractivity contribution < 1.29 is 4.12 Å². The molecule has 5 aromatic rings. The highest BCUT2D eigenvalue weighted by Gasteiger charge is 2.51. The lowest BCUT2D eigenvalue weighted by Gasteiger charge is -2.44. The highest BCUT2D eigenvalue weighted by Crippen LogP contribution is 2.24. The van der Waals surface area contributed by atoms with Crippen LogP contribution >= 0.6 is 0 Å². The lowest BCUT2D eigenvalue weighted by Crippen LogP contribution is -2.77.